The Morgan fingerprint density at radius 2 is 2.11 bits per heavy atom. The Hall–Kier alpha value is -4.42. The van der Waals surface area contributed by atoms with Crippen LogP contribution in [0.2, 0.25) is 0 Å². The second-order valence-corrected chi connectivity index (χ2v) is 8.13. The molecule has 1 aliphatic heterocycles. The van der Waals surface area contributed by atoms with Gasteiger partial charge >= 0.3 is 0 Å². The molecule has 0 spiro atoms. The molecule has 0 bridgehead atoms. The number of hydrogen-bond donors (Lipinski definition) is 3. The van der Waals surface area contributed by atoms with Crippen molar-refractivity contribution >= 4 is 40.1 Å². The standard InChI is InChI=1S/C23H21N7O5/c1-23(33,22(32)27-14-5-6-15-17(11-14)35-29-20(15)24)19-21(31)30(9-10-34-19)18-4-2-3-16(28-18)13-7-8-25-26-12-13/h2-8,11-12,19,33H,9-10H2,1H3,(H2,24,29)(H,27,32)/t19-,23?/m0/s1. The van der Waals surface area contributed by atoms with E-state index in [-0.39, 0.29) is 19.0 Å². The van der Waals surface area contributed by atoms with Crippen LogP contribution >= 0.6 is 0 Å². The van der Waals surface area contributed by atoms with Gasteiger partial charge in [0.1, 0.15) is 5.82 Å². The zero-order valence-corrected chi connectivity index (χ0v) is 18.6. The Balaban J connectivity index is 1.36. The quantitative estimate of drug-likeness (QED) is 0.383. The molecule has 0 aliphatic carbocycles. The molecule has 1 saturated heterocycles. The van der Waals surface area contributed by atoms with Crippen LogP contribution in [0.15, 0.2) is 59.4 Å². The number of nitrogens with one attached hydrogen (secondary N) is 1. The van der Waals surface area contributed by atoms with E-state index in [1.807, 2.05) is 0 Å². The lowest BCUT2D eigenvalue weighted by atomic mass is 9.95. The minimum atomic E-state index is -2.18. The highest BCUT2D eigenvalue weighted by Gasteiger charge is 2.48. The molecule has 12 heteroatoms. The number of aliphatic hydroxyl groups is 1. The number of rotatable bonds is 5. The van der Waals surface area contributed by atoms with E-state index in [1.54, 1.807) is 48.8 Å². The third-order valence-electron chi connectivity index (χ3n) is 5.71. The van der Waals surface area contributed by atoms with E-state index in [9.17, 15) is 14.7 Å². The first-order valence-electron chi connectivity index (χ1n) is 10.7. The van der Waals surface area contributed by atoms with Crippen LogP contribution in [0, 0.1) is 0 Å². The molecule has 1 unspecified atom stereocenters. The van der Waals surface area contributed by atoms with Crippen molar-refractivity contribution in [3.05, 3.63) is 54.9 Å². The van der Waals surface area contributed by atoms with Gasteiger partial charge in [-0.05, 0) is 37.3 Å². The van der Waals surface area contributed by atoms with Crippen LogP contribution in [0.5, 0.6) is 0 Å². The van der Waals surface area contributed by atoms with E-state index >= 15 is 0 Å². The largest absolute Gasteiger partial charge is 0.380 e. The number of benzene rings is 1. The van der Waals surface area contributed by atoms with Gasteiger partial charge in [-0.3, -0.25) is 14.5 Å². The number of ether oxygens (including phenoxy) is 1. The molecule has 4 aromatic rings. The van der Waals surface area contributed by atoms with Crippen molar-refractivity contribution in [1.29, 1.82) is 0 Å². The van der Waals surface area contributed by atoms with Gasteiger partial charge in [0.05, 0.1) is 36.6 Å². The molecule has 1 fully saturated rings. The summed E-state index contributed by atoms with van der Waals surface area (Å²) in [5.74, 6) is -0.826. The molecule has 4 heterocycles. The van der Waals surface area contributed by atoms with Crippen LogP contribution in [0.3, 0.4) is 0 Å². The molecule has 178 valence electrons. The van der Waals surface area contributed by atoms with Crippen molar-refractivity contribution in [3.63, 3.8) is 0 Å². The summed E-state index contributed by atoms with van der Waals surface area (Å²) >= 11 is 0. The van der Waals surface area contributed by atoms with Gasteiger partial charge in [-0.2, -0.15) is 10.2 Å². The Morgan fingerprint density at radius 1 is 1.26 bits per heavy atom. The van der Waals surface area contributed by atoms with Crippen LogP contribution in [-0.2, 0) is 14.3 Å². The maximum Gasteiger partial charge on any atom is 0.260 e. The van der Waals surface area contributed by atoms with Crippen LogP contribution in [-0.4, -0.2) is 62.1 Å². The van der Waals surface area contributed by atoms with Gasteiger partial charge in [0, 0.05) is 17.3 Å². The number of amides is 2. The number of aromatic nitrogens is 4. The summed E-state index contributed by atoms with van der Waals surface area (Å²) in [7, 11) is 0. The minimum Gasteiger partial charge on any atom is -0.380 e. The fourth-order valence-electron chi connectivity index (χ4n) is 3.80. The van der Waals surface area contributed by atoms with Crippen molar-refractivity contribution in [2.75, 3.05) is 29.1 Å². The van der Waals surface area contributed by atoms with Crippen molar-refractivity contribution in [2.45, 2.75) is 18.6 Å². The van der Waals surface area contributed by atoms with E-state index < -0.39 is 23.5 Å². The van der Waals surface area contributed by atoms with E-state index in [2.05, 4.69) is 25.7 Å². The van der Waals surface area contributed by atoms with Gasteiger partial charge < -0.3 is 25.4 Å². The van der Waals surface area contributed by atoms with Gasteiger partial charge in [-0.25, -0.2) is 4.98 Å². The fourth-order valence-corrected chi connectivity index (χ4v) is 3.80. The average Bonchev–Trinajstić information content (AvgIpc) is 3.24. The molecule has 4 N–H and O–H groups in total. The van der Waals surface area contributed by atoms with Crippen LogP contribution in [0.25, 0.3) is 22.2 Å². The number of pyridine rings is 1. The SMILES string of the molecule is CC(O)(C(=O)Nc1ccc2c(N)noc2c1)[C@H]1OCCN(c2cccc(-c3ccnnc3)n2)C1=O. The van der Waals surface area contributed by atoms with Crippen molar-refractivity contribution in [3.8, 4) is 11.3 Å². The number of morpholine rings is 1. The summed E-state index contributed by atoms with van der Waals surface area (Å²) < 4.78 is 10.7. The molecule has 0 saturated carbocycles. The summed E-state index contributed by atoms with van der Waals surface area (Å²) in [6.45, 7) is 1.54. The number of nitrogen functional groups attached to an aromatic ring is 1. The maximum absolute atomic E-state index is 13.3. The summed E-state index contributed by atoms with van der Waals surface area (Å²) in [5.41, 5.74) is 5.56. The fraction of sp³-hybridized carbons (Fsp3) is 0.217. The minimum absolute atomic E-state index is 0.103. The van der Waals surface area contributed by atoms with Gasteiger partial charge in [-0.15, -0.1) is 0 Å². The van der Waals surface area contributed by atoms with Crippen LogP contribution < -0.4 is 16.0 Å². The zero-order chi connectivity index (χ0) is 24.6. The number of nitrogens with zero attached hydrogens (tertiary/aromatic N) is 5. The lowest BCUT2D eigenvalue weighted by Gasteiger charge is -2.38. The number of fused-ring (bicyclic) bond motifs is 1. The molecule has 5 rings (SSSR count). The van der Waals surface area contributed by atoms with Crippen LogP contribution in [0.4, 0.5) is 17.3 Å². The molecule has 0 radical (unpaired) electrons. The second-order valence-electron chi connectivity index (χ2n) is 8.13. The molecule has 3 aromatic heterocycles. The summed E-state index contributed by atoms with van der Waals surface area (Å²) in [4.78, 5) is 32.2. The van der Waals surface area contributed by atoms with E-state index in [0.29, 0.717) is 28.2 Å². The predicted octanol–water partition coefficient (Wildman–Crippen LogP) is 1.38. The summed E-state index contributed by atoms with van der Waals surface area (Å²) in [6, 6.07) is 11.7. The second kappa shape index (κ2) is 8.74. The number of carbonyl (C=O) groups is 2. The highest BCUT2D eigenvalue weighted by Crippen LogP contribution is 2.28. The van der Waals surface area contributed by atoms with Crippen molar-refractivity contribution in [2.24, 2.45) is 0 Å². The third-order valence-corrected chi connectivity index (χ3v) is 5.71. The van der Waals surface area contributed by atoms with E-state index in [1.165, 1.54) is 17.9 Å². The molecule has 1 aromatic carbocycles. The maximum atomic E-state index is 13.3. The molecular weight excluding hydrogens is 454 g/mol. The Kier molecular flexibility index (Phi) is 5.59. The van der Waals surface area contributed by atoms with Crippen LogP contribution in [0.1, 0.15) is 6.92 Å². The molecule has 35 heavy (non-hydrogen) atoms. The van der Waals surface area contributed by atoms with Gasteiger partial charge in [-0.1, -0.05) is 11.2 Å². The number of carbonyl (C=O) groups excluding carboxylic acids is 2. The first kappa shape index (κ1) is 22.4. The molecule has 1 aliphatic rings. The Morgan fingerprint density at radius 3 is 2.91 bits per heavy atom. The predicted molar refractivity (Wildman–Crippen MR) is 125 cm³/mol. The van der Waals surface area contributed by atoms with Gasteiger partial charge in [0.15, 0.2) is 23.1 Å². The summed E-state index contributed by atoms with van der Waals surface area (Å²) in [6.07, 6.45) is 1.66. The summed E-state index contributed by atoms with van der Waals surface area (Å²) in [5, 5.41) is 25.5. The van der Waals surface area contributed by atoms with Crippen molar-refractivity contribution in [1.82, 2.24) is 20.3 Å². The lowest BCUT2D eigenvalue weighted by Crippen LogP contribution is -2.61. The molecule has 2 amide bonds. The Labute approximate surface area is 198 Å². The molecular formula is C23H21N7O5. The Bertz CT molecular complexity index is 1410. The van der Waals surface area contributed by atoms with Gasteiger partial charge in [0.25, 0.3) is 11.8 Å². The highest BCUT2D eigenvalue weighted by molar-refractivity contribution is 6.06. The number of hydrogen-bond acceptors (Lipinski definition) is 10. The number of nitrogens with two attached hydrogens (primary N) is 1. The molecule has 12 nitrogen and oxygen atoms in total. The van der Waals surface area contributed by atoms with E-state index in [0.717, 1.165) is 5.56 Å². The lowest BCUT2D eigenvalue weighted by molar-refractivity contribution is -0.165. The van der Waals surface area contributed by atoms with E-state index in [4.69, 9.17) is 15.0 Å². The topological polar surface area (TPSA) is 170 Å². The monoisotopic (exact) mass is 475 g/mol. The number of anilines is 3. The van der Waals surface area contributed by atoms with Crippen molar-refractivity contribution < 1.29 is 24.0 Å². The smallest absolute Gasteiger partial charge is 0.260 e. The average molecular weight is 475 g/mol. The molecule has 2 atom stereocenters. The highest BCUT2D eigenvalue weighted by atomic mass is 16.5. The first-order valence-corrected chi connectivity index (χ1v) is 10.7. The zero-order valence-electron chi connectivity index (χ0n) is 18.6. The first-order chi connectivity index (χ1) is 16.8. The normalized spacial score (nSPS) is 17.8. The third kappa shape index (κ3) is 4.16. The van der Waals surface area contributed by atoms with Gasteiger partial charge in [0.2, 0.25) is 0 Å².